The summed E-state index contributed by atoms with van der Waals surface area (Å²) in [5.41, 5.74) is 3.19. The number of hydrogen-bond donors (Lipinski definition) is 3. The predicted octanol–water partition coefficient (Wildman–Crippen LogP) is 2.83. The molecule has 2 aromatic rings. The van der Waals surface area contributed by atoms with Gasteiger partial charge in [-0.25, -0.2) is 9.18 Å². The van der Waals surface area contributed by atoms with Gasteiger partial charge in [0.1, 0.15) is 12.4 Å². The lowest BCUT2D eigenvalue weighted by Crippen LogP contribution is -2.52. The summed E-state index contributed by atoms with van der Waals surface area (Å²) in [6, 6.07) is 3.33. The first-order valence-corrected chi connectivity index (χ1v) is 13.9. The van der Waals surface area contributed by atoms with Gasteiger partial charge in [-0.05, 0) is 80.9 Å². The van der Waals surface area contributed by atoms with E-state index in [0.717, 1.165) is 35.2 Å². The quantitative estimate of drug-likeness (QED) is 0.508. The highest BCUT2D eigenvalue weighted by molar-refractivity contribution is 5.92. The maximum atomic E-state index is 15.3. The van der Waals surface area contributed by atoms with Gasteiger partial charge in [-0.15, -0.1) is 0 Å². The maximum Gasteiger partial charge on any atom is 0.343 e. The van der Waals surface area contributed by atoms with Crippen LogP contribution >= 0.6 is 0 Å². The van der Waals surface area contributed by atoms with E-state index >= 15 is 4.39 Å². The van der Waals surface area contributed by atoms with E-state index in [0.29, 0.717) is 54.0 Å². The number of carbonyl (C=O) groups excluding carboxylic acids is 1. The third kappa shape index (κ3) is 2.98. The van der Waals surface area contributed by atoms with Crippen LogP contribution in [0, 0.1) is 12.7 Å². The number of benzene rings is 1. The molecular formula is C30H34FN3O5. The van der Waals surface area contributed by atoms with Gasteiger partial charge in [-0.2, -0.15) is 0 Å². The van der Waals surface area contributed by atoms with Crippen LogP contribution in [0.5, 0.6) is 0 Å². The molecule has 3 N–H and O–H groups in total. The third-order valence-corrected chi connectivity index (χ3v) is 10.3. The highest BCUT2D eigenvalue weighted by Crippen LogP contribution is 2.57. The third-order valence-electron chi connectivity index (χ3n) is 10.3. The molecule has 1 aromatic carbocycles. The lowest BCUT2D eigenvalue weighted by Gasteiger charge is -2.50. The van der Waals surface area contributed by atoms with E-state index in [2.05, 4.69) is 17.1 Å². The fourth-order valence-corrected chi connectivity index (χ4v) is 7.92. The largest absolute Gasteiger partial charge is 0.458 e. The van der Waals surface area contributed by atoms with E-state index in [-0.39, 0.29) is 24.4 Å². The van der Waals surface area contributed by atoms with Crippen LogP contribution in [0.2, 0.25) is 0 Å². The molecule has 206 valence electrons. The number of aromatic nitrogens is 1. The van der Waals surface area contributed by atoms with E-state index in [4.69, 9.17) is 4.74 Å². The number of aliphatic hydroxyl groups excluding tert-OH is 1. The van der Waals surface area contributed by atoms with Crippen LogP contribution in [0.4, 0.5) is 10.1 Å². The Balaban J connectivity index is 1.53. The van der Waals surface area contributed by atoms with Crippen molar-refractivity contribution in [3.8, 4) is 0 Å². The van der Waals surface area contributed by atoms with Gasteiger partial charge in [0.15, 0.2) is 5.60 Å². The maximum absolute atomic E-state index is 15.3. The van der Waals surface area contributed by atoms with Crippen molar-refractivity contribution in [3.05, 3.63) is 67.4 Å². The predicted molar refractivity (Wildman–Crippen MR) is 143 cm³/mol. The van der Waals surface area contributed by atoms with Crippen LogP contribution in [0.25, 0.3) is 5.57 Å². The summed E-state index contributed by atoms with van der Waals surface area (Å²) < 4.78 is 22.2. The fraction of sp³-hybridized carbons (Fsp3) is 0.533. The lowest BCUT2D eigenvalue weighted by atomic mass is 9.66. The Kier molecular flexibility index (Phi) is 5.00. The van der Waals surface area contributed by atoms with Gasteiger partial charge in [0, 0.05) is 35.4 Å². The summed E-state index contributed by atoms with van der Waals surface area (Å²) in [6.07, 6.45) is 1.87. The van der Waals surface area contributed by atoms with E-state index in [1.807, 2.05) is 13.8 Å². The molecule has 9 heteroatoms. The number of cyclic esters (lactones) is 1. The minimum absolute atomic E-state index is 0.0753. The minimum Gasteiger partial charge on any atom is -0.458 e. The van der Waals surface area contributed by atoms with Crippen LogP contribution in [-0.4, -0.2) is 50.4 Å². The number of hydrogen-bond acceptors (Lipinski definition) is 7. The Hall–Kier alpha value is -3.01. The Labute approximate surface area is 226 Å². The molecule has 0 radical (unpaired) electrons. The topological polar surface area (TPSA) is 104 Å². The molecule has 1 unspecified atom stereocenters. The Morgan fingerprint density at radius 3 is 2.69 bits per heavy atom. The number of esters is 1. The van der Waals surface area contributed by atoms with Crippen molar-refractivity contribution >= 4 is 17.2 Å². The fourth-order valence-electron chi connectivity index (χ4n) is 7.92. The number of fused-ring (bicyclic) bond motifs is 4. The van der Waals surface area contributed by atoms with Crippen LogP contribution in [0.3, 0.4) is 0 Å². The van der Waals surface area contributed by atoms with Gasteiger partial charge in [-0.3, -0.25) is 9.69 Å². The van der Waals surface area contributed by atoms with Gasteiger partial charge in [0.2, 0.25) is 0 Å². The minimum atomic E-state index is -1.90. The first-order valence-electron chi connectivity index (χ1n) is 13.9. The number of carbonyl (C=O) groups is 1. The summed E-state index contributed by atoms with van der Waals surface area (Å²) in [7, 11) is 0. The molecule has 1 aromatic heterocycles. The number of pyridine rings is 1. The van der Waals surface area contributed by atoms with Gasteiger partial charge in [-0.1, -0.05) is 6.92 Å². The molecule has 5 aliphatic rings. The van der Waals surface area contributed by atoms with Crippen molar-refractivity contribution < 1.29 is 24.1 Å². The summed E-state index contributed by atoms with van der Waals surface area (Å²) in [6.45, 7) is 9.21. The summed E-state index contributed by atoms with van der Waals surface area (Å²) in [4.78, 5) is 28.9. The normalized spacial score (nSPS) is 32.8. The van der Waals surface area contributed by atoms with Crippen LogP contribution < -0.4 is 10.9 Å². The monoisotopic (exact) mass is 535 g/mol. The van der Waals surface area contributed by atoms with Crippen molar-refractivity contribution in [3.63, 3.8) is 0 Å². The van der Waals surface area contributed by atoms with E-state index in [1.54, 1.807) is 23.6 Å². The molecule has 39 heavy (non-hydrogen) atoms. The Morgan fingerprint density at radius 1 is 1.23 bits per heavy atom. The van der Waals surface area contributed by atoms with Crippen molar-refractivity contribution in [2.45, 2.75) is 89.3 Å². The molecule has 0 saturated carbocycles. The molecule has 5 heterocycles. The number of rotatable bonds is 2. The van der Waals surface area contributed by atoms with E-state index in [9.17, 15) is 19.8 Å². The summed E-state index contributed by atoms with van der Waals surface area (Å²) in [5.74, 6) is -1.02. The standard InChI is InChI=1S/C30H34FN3O5/c1-5-30(38)19-10-23-29(4)20(13-34(23)26(36)18(19)14-39-27(30)37)25-24-17(15(2)21(31)11-22(24)32-29)6-8-28(25,3)33-9-7-16(35)12-33/h10-11,16,32,35,38H,5-9,12-14H2,1-4H3/t16-,28-,29?,30-/m0/s1. The molecule has 4 atom stereocenters. The number of β-amino-alcohol motifs (C(OH)–C–C–N with tert-alkyl or cyclic N) is 1. The number of nitrogens with zero attached hydrogens (tertiary/aromatic N) is 2. The molecule has 1 saturated heterocycles. The second kappa shape index (κ2) is 7.80. The summed E-state index contributed by atoms with van der Waals surface area (Å²) >= 11 is 0. The zero-order chi connectivity index (χ0) is 27.6. The molecule has 0 amide bonds. The first-order chi connectivity index (χ1) is 18.4. The number of likely N-dealkylation sites (tertiary alicyclic amines) is 1. The smallest absolute Gasteiger partial charge is 0.343 e. The zero-order valence-electron chi connectivity index (χ0n) is 22.8. The van der Waals surface area contributed by atoms with Crippen LogP contribution in [0.1, 0.15) is 73.5 Å². The molecule has 4 aliphatic heterocycles. The molecule has 7 rings (SSSR count). The molecular weight excluding hydrogens is 501 g/mol. The number of halogens is 1. The molecule has 1 fully saturated rings. The van der Waals surface area contributed by atoms with Gasteiger partial charge < -0.3 is 24.8 Å². The van der Waals surface area contributed by atoms with Crippen molar-refractivity contribution in [2.24, 2.45) is 0 Å². The van der Waals surface area contributed by atoms with Gasteiger partial charge in [0.05, 0.1) is 29.4 Å². The van der Waals surface area contributed by atoms with Crippen LogP contribution in [0.15, 0.2) is 22.5 Å². The number of aliphatic hydroxyl groups is 2. The highest BCUT2D eigenvalue weighted by Gasteiger charge is 2.54. The number of ether oxygens (including phenoxy) is 1. The van der Waals surface area contributed by atoms with Gasteiger partial charge in [0.25, 0.3) is 5.56 Å². The van der Waals surface area contributed by atoms with Crippen LogP contribution in [-0.2, 0) is 40.2 Å². The molecule has 1 aliphatic carbocycles. The lowest BCUT2D eigenvalue weighted by molar-refractivity contribution is -0.172. The zero-order valence-corrected chi connectivity index (χ0v) is 22.8. The van der Waals surface area contributed by atoms with Crippen molar-refractivity contribution in [1.29, 1.82) is 0 Å². The molecule has 0 bridgehead atoms. The SMILES string of the molecule is CC[C@@]1(O)C(=O)OCc2c1cc1n(c2=O)CC2=C3c4c(cc(F)c(C)c4CC[C@]3(C)N3CC[C@H](O)C3)NC21C. The van der Waals surface area contributed by atoms with E-state index < -0.39 is 28.8 Å². The first kappa shape index (κ1) is 25.0. The second-order valence-electron chi connectivity index (χ2n) is 12.3. The van der Waals surface area contributed by atoms with Crippen molar-refractivity contribution in [1.82, 2.24) is 9.47 Å². The van der Waals surface area contributed by atoms with E-state index in [1.165, 1.54) is 0 Å². The van der Waals surface area contributed by atoms with Gasteiger partial charge >= 0.3 is 5.97 Å². The Morgan fingerprint density at radius 2 is 2.00 bits per heavy atom. The molecule has 0 spiro atoms. The second-order valence-corrected chi connectivity index (χ2v) is 12.3. The average molecular weight is 536 g/mol. The molecule has 8 nitrogen and oxygen atoms in total. The number of anilines is 1. The summed E-state index contributed by atoms with van der Waals surface area (Å²) in [5, 5.41) is 25.4. The Bertz CT molecular complexity index is 1580. The average Bonchev–Trinajstić information content (AvgIpc) is 3.47. The van der Waals surface area contributed by atoms with Crippen molar-refractivity contribution in [2.75, 3.05) is 18.4 Å². The highest BCUT2D eigenvalue weighted by atomic mass is 19.1. The number of nitrogens with one attached hydrogen (secondary N) is 1.